The first-order valence-corrected chi connectivity index (χ1v) is 12.0. The van der Waals surface area contributed by atoms with E-state index in [9.17, 15) is 0 Å². The number of hydrogen-bond donors (Lipinski definition) is 0. The van der Waals surface area contributed by atoms with Crippen molar-refractivity contribution in [1.29, 1.82) is 0 Å². The maximum Gasteiger partial charge on any atom is 0.162 e. The lowest BCUT2D eigenvalue weighted by Gasteiger charge is -2.50. The molecule has 3 fully saturated rings. The molecule has 4 heterocycles. The smallest absolute Gasteiger partial charge is 0.162 e. The van der Waals surface area contributed by atoms with E-state index in [2.05, 4.69) is 32.1 Å². The van der Waals surface area contributed by atoms with Crippen molar-refractivity contribution in [3.8, 4) is 22.8 Å². The monoisotopic (exact) mass is 420 g/mol. The van der Waals surface area contributed by atoms with Crippen LogP contribution in [0.25, 0.3) is 11.3 Å². The van der Waals surface area contributed by atoms with Crippen molar-refractivity contribution < 1.29 is 9.47 Å². The SMILES string of the molecule is c1cc2c(cc1-c1ccc(N3CCC4(CC3)CCN(C3CCC3)CC4)nn1)OCCO2. The molecule has 0 atom stereocenters. The van der Waals surface area contributed by atoms with Crippen LogP contribution in [0.1, 0.15) is 44.9 Å². The Labute approximate surface area is 184 Å². The van der Waals surface area contributed by atoms with Crippen LogP contribution in [0, 0.1) is 5.41 Å². The molecule has 31 heavy (non-hydrogen) atoms. The number of piperidine rings is 2. The van der Waals surface area contributed by atoms with E-state index in [0.29, 0.717) is 18.6 Å². The highest BCUT2D eigenvalue weighted by atomic mass is 16.6. The van der Waals surface area contributed by atoms with Crippen LogP contribution in [0.4, 0.5) is 5.82 Å². The highest BCUT2D eigenvalue weighted by molar-refractivity contribution is 5.64. The summed E-state index contributed by atoms with van der Waals surface area (Å²) in [6, 6.07) is 11.1. The van der Waals surface area contributed by atoms with Gasteiger partial charge in [0, 0.05) is 24.7 Å². The lowest BCUT2D eigenvalue weighted by atomic mass is 9.70. The lowest BCUT2D eigenvalue weighted by molar-refractivity contribution is 0.0305. The third kappa shape index (κ3) is 3.75. The second-order valence-electron chi connectivity index (χ2n) is 9.74. The number of aromatic nitrogens is 2. The van der Waals surface area contributed by atoms with Gasteiger partial charge in [-0.2, -0.15) is 0 Å². The fraction of sp³-hybridized carbons (Fsp3) is 0.600. The average Bonchev–Trinajstić information content (AvgIpc) is 2.80. The number of nitrogens with zero attached hydrogens (tertiary/aromatic N) is 4. The summed E-state index contributed by atoms with van der Waals surface area (Å²) in [7, 11) is 0. The van der Waals surface area contributed by atoms with Crippen LogP contribution in [0.15, 0.2) is 30.3 Å². The summed E-state index contributed by atoms with van der Waals surface area (Å²) >= 11 is 0. The summed E-state index contributed by atoms with van der Waals surface area (Å²) < 4.78 is 11.3. The Morgan fingerprint density at radius 1 is 0.806 bits per heavy atom. The van der Waals surface area contributed by atoms with Crippen LogP contribution in [-0.2, 0) is 0 Å². The highest BCUT2D eigenvalue weighted by Crippen LogP contribution is 2.43. The summed E-state index contributed by atoms with van der Waals surface area (Å²) in [4.78, 5) is 5.19. The zero-order chi connectivity index (χ0) is 20.7. The van der Waals surface area contributed by atoms with E-state index in [4.69, 9.17) is 9.47 Å². The molecule has 0 radical (unpaired) electrons. The van der Waals surface area contributed by atoms with E-state index < -0.39 is 0 Å². The number of anilines is 1. The molecular formula is C25H32N4O2. The summed E-state index contributed by atoms with van der Waals surface area (Å²) in [5.41, 5.74) is 2.45. The molecule has 164 valence electrons. The van der Waals surface area contributed by atoms with Crippen molar-refractivity contribution in [2.45, 2.75) is 51.0 Å². The fourth-order valence-electron chi connectivity index (χ4n) is 5.68. The second-order valence-corrected chi connectivity index (χ2v) is 9.74. The Morgan fingerprint density at radius 3 is 2.23 bits per heavy atom. The minimum absolute atomic E-state index is 0.565. The molecule has 2 saturated heterocycles. The van der Waals surface area contributed by atoms with Crippen LogP contribution in [0.5, 0.6) is 11.5 Å². The molecule has 0 amide bonds. The van der Waals surface area contributed by atoms with Crippen LogP contribution >= 0.6 is 0 Å². The van der Waals surface area contributed by atoms with Crippen molar-refractivity contribution in [3.05, 3.63) is 30.3 Å². The zero-order valence-corrected chi connectivity index (χ0v) is 18.3. The summed E-state index contributed by atoms with van der Waals surface area (Å²) in [5, 5.41) is 9.10. The Bertz CT molecular complexity index is 910. The normalized spacial score (nSPS) is 23.5. The zero-order valence-electron chi connectivity index (χ0n) is 18.3. The summed E-state index contributed by atoms with van der Waals surface area (Å²) in [5.74, 6) is 2.60. The Balaban J connectivity index is 1.08. The van der Waals surface area contributed by atoms with Gasteiger partial charge in [-0.15, -0.1) is 10.2 Å². The quantitative estimate of drug-likeness (QED) is 0.744. The van der Waals surface area contributed by atoms with Crippen molar-refractivity contribution in [3.63, 3.8) is 0 Å². The van der Waals surface area contributed by atoms with E-state index in [1.54, 1.807) is 0 Å². The van der Waals surface area contributed by atoms with Gasteiger partial charge in [0.05, 0.1) is 5.69 Å². The van der Waals surface area contributed by atoms with Gasteiger partial charge in [-0.25, -0.2) is 0 Å². The van der Waals surface area contributed by atoms with Gasteiger partial charge in [-0.3, -0.25) is 0 Å². The van der Waals surface area contributed by atoms with Crippen LogP contribution in [0.2, 0.25) is 0 Å². The third-order valence-electron chi connectivity index (χ3n) is 8.09. The van der Waals surface area contributed by atoms with Gasteiger partial charge in [0.1, 0.15) is 13.2 Å². The molecule has 1 aromatic carbocycles. The molecule has 3 aliphatic heterocycles. The molecule has 6 rings (SSSR count). The number of hydrogen-bond acceptors (Lipinski definition) is 6. The molecule has 4 aliphatic rings. The second kappa shape index (κ2) is 7.97. The van der Waals surface area contributed by atoms with Crippen LogP contribution in [-0.4, -0.2) is 60.5 Å². The van der Waals surface area contributed by atoms with Gasteiger partial charge >= 0.3 is 0 Å². The van der Waals surface area contributed by atoms with Crippen molar-refractivity contribution in [2.75, 3.05) is 44.3 Å². The minimum atomic E-state index is 0.565. The molecule has 1 spiro atoms. The standard InChI is InChI=1S/C25H32N4O2/c1-2-20(3-1)28-12-8-25(9-13-28)10-14-29(15-11-25)24-7-5-21(26-27-24)19-4-6-22-23(18-19)31-17-16-30-22/h4-7,18,20H,1-3,8-17H2. The Morgan fingerprint density at radius 2 is 1.55 bits per heavy atom. The van der Waals surface area contributed by atoms with Gasteiger partial charge in [-0.05, 0) is 87.4 Å². The number of ether oxygens (including phenoxy) is 2. The predicted octanol–water partition coefficient (Wildman–Crippen LogP) is 4.15. The average molecular weight is 421 g/mol. The Hall–Kier alpha value is -2.34. The van der Waals surface area contributed by atoms with E-state index in [1.165, 1.54) is 58.0 Å². The summed E-state index contributed by atoms with van der Waals surface area (Å²) in [6.07, 6.45) is 9.64. The molecule has 1 aromatic heterocycles. The predicted molar refractivity (Wildman–Crippen MR) is 121 cm³/mol. The Kier molecular flexibility index (Phi) is 4.98. The topological polar surface area (TPSA) is 50.7 Å². The lowest BCUT2D eigenvalue weighted by Crippen LogP contribution is -2.51. The highest BCUT2D eigenvalue weighted by Gasteiger charge is 2.39. The van der Waals surface area contributed by atoms with Gasteiger partial charge in [0.25, 0.3) is 0 Å². The number of fused-ring (bicyclic) bond motifs is 1. The first-order valence-electron chi connectivity index (χ1n) is 12.0. The van der Waals surface area contributed by atoms with Crippen LogP contribution < -0.4 is 14.4 Å². The van der Waals surface area contributed by atoms with Gasteiger partial charge < -0.3 is 19.3 Å². The van der Waals surface area contributed by atoms with Gasteiger partial charge in [-0.1, -0.05) is 6.42 Å². The fourth-order valence-corrected chi connectivity index (χ4v) is 5.68. The first kappa shape index (κ1) is 19.4. The largest absolute Gasteiger partial charge is 0.486 e. The third-order valence-corrected chi connectivity index (χ3v) is 8.09. The molecule has 1 aliphatic carbocycles. The molecule has 1 saturated carbocycles. The van der Waals surface area contributed by atoms with Gasteiger partial charge in [0.2, 0.25) is 0 Å². The number of benzene rings is 1. The van der Waals surface area contributed by atoms with E-state index in [0.717, 1.165) is 47.7 Å². The van der Waals surface area contributed by atoms with Crippen molar-refractivity contribution in [1.82, 2.24) is 15.1 Å². The summed E-state index contributed by atoms with van der Waals surface area (Å²) in [6.45, 7) is 6.03. The molecule has 0 unspecified atom stereocenters. The van der Waals surface area contributed by atoms with E-state index in [-0.39, 0.29) is 0 Å². The molecule has 0 N–H and O–H groups in total. The maximum atomic E-state index is 5.70. The van der Waals surface area contributed by atoms with E-state index >= 15 is 0 Å². The maximum absolute atomic E-state index is 5.70. The minimum Gasteiger partial charge on any atom is -0.486 e. The molecule has 6 nitrogen and oxygen atoms in total. The molecular weight excluding hydrogens is 388 g/mol. The molecule has 6 heteroatoms. The van der Waals surface area contributed by atoms with Gasteiger partial charge in [0.15, 0.2) is 17.3 Å². The van der Waals surface area contributed by atoms with Crippen molar-refractivity contribution >= 4 is 5.82 Å². The molecule has 2 aromatic rings. The number of rotatable bonds is 3. The van der Waals surface area contributed by atoms with E-state index in [1.807, 2.05) is 18.2 Å². The van der Waals surface area contributed by atoms with Crippen LogP contribution in [0.3, 0.4) is 0 Å². The number of likely N-dealkylation sites (tertiary alicyclic amines) is 1. The molecule has 0 bridgehead atoms. The first-order chi connectivity index (χ1) is 15.3. The van der Waals surface area contributed by atoms with Crippen molar-refractivity contribution in [2.24, 2.45) is 5.41 Å².